The van der Waals surface area contributed by atoms with Crippen LogP contribution in [-0.2, 0) is 17.1 Å². The van der Waals surface area contributed by atoms with Gasteiger partial charge in [-0.25, -0.2) is 8.42 Å². The number of nitrogens with two attached hydrogens (primary N) is 1. The van der Waals surface area contributed by atoms with E-state index in [-0.39, 0.29) is 22.1 Å². The highest BCUT2D eigenvalue weighted by molar-refractivity contribution is 7.93. The molecule has 0 atom stereocenters. The molecule has 10 heteroatoms. The predicted octanol–water partition coefficient (Wildman–Crippen LogP) is 3.25. The van der Waals surface area contributed by atoms with Gasteiger partial charge in [0.2, 0.25) is 10.0 Å². The fourth-order valence-corrected chi connectivity index (χ4v) is 4.86. The van der Waals surface area contributed by atoms with Crippen molar-refractivity contribution in [2.45, 2.75) is 18.1 Å². The van der Waals surface area contributed by atoms with Gasteiger partial charge in [0, 0.05) is 43.3 Å². The van der Waals surface area contributed by atoms with Crippen LogP contribution in [0.2, 0.25) is 0 Å². The number of aryl methyl sites for hydroxylation is 1. The molecule has 3 N–H and O–H groups in total. The van der Waals surface area contributed by atoms with Gasteiger partial charge in [0.05, 0.1) is 28.1 Å². The number of benzene rings is 2. The Balaban J connectivity index is 1.86. The number of aliphatic imine (C=N–C) groups is 1. The summed E-state index contributed by atoms with van der Waals surface area (Å²) in [5.74, 6) is 0.870. The average molecular weight is 478 g/mol. The lowest BCUT2D eigenvalue weighted by atomic mass is 10.0. The third kappa shape index (κ3) is 4.65. The van der Waals surface area contributed by atoms with E-state index in [4.69, 9.17) is 15.7 Å². The lowest BCUT2D eigenvalue weighted by Crippen LogP contribution is -2.23. The van der Waals surface area contributed by atoms with Crippen molar-refractivity contribution in [1.29, 1.82) is 5.26 Å². The highest BCUT2D eigenvalue weighted by Crippen LogP contribution is 2.39. The molecule has 1 aliphatic rings. The Labute approximate surface area is 197 Å². The zero-order valence-corrected chi connectivity index (χ0v) is 19.5. The summed E-state index contributed by atoms with van der Waals surface area (Å²) in [6.07, 6.45) is 4.23. The maximum absolute atomic E-state index is 12.6. The Morgan fingerprint density at radius 3 is 2.53 bits per heavy atom. The van der Waals surface area contributed by atoms with Crippen LogP contribution in [0.1, 0.15) is 24.0 Å². The minimum absolute atomic E-state index is 0.195. The SMILES string of the molecule is CN=Cc1c(N)c(-c2cc(NS(=O)(=O)C3CC3)ccc2Oc2ccc(C#N)cc2)cn(C)c1=O. The molecule has 1 aliphatic carbocycles. The molecule has 1 fully saturated rings. The van der Waals surface area contributed by atoms with E-state index in [1.54, 1.807) is 55.7 Å². The molecule has 4 rings (SSSR count). The van der Waals surface area contributed by atoms with Crippen molar-refractivity contribution in [2.24, 2.45) is 12.0 Å². The van der Waals surface area contributed by atoms with Crippen molar-refractivity contribution in [2.75, 3.05) is 17.5 Å². The van der Waals surface area contributed by atoms with Crippen LogP contribution < -0.4 is 20.8 Å². The molecule has 34 heavy (non-hydrogen) atoms. The normalized spacial score (nSPS) is 13.6. The van der Waals surface area contributed by atoms with Gasteiger partial charge in [-0.1, -0.05) is 0 Å². The summed E-state index contributed by atoms with van der Waals surface area (Å²) in [4.78, 5) is 16.5. The van der Waals surface area contributed by atoms with Crippen molar-refractivity contribution in [3.63, 3.8) is 0 Å². The Bertz CT molecular complexity index is 1480. The molecule has 9 nitrogen and oxygen atoms in total. The predicted molar refractivity (Wildman–Crippen MR) is 132 cm³/mol. The summed E-state index contributed by atoms with van der Waals surface area (Å²) in [6.45, 7) is 0. The number of hydrogen-bond donors (Lipinski definition) is 2. The number of hydrogen-bond acceptors (Lipinski definition) is 7. The molecule has 0 spiro atoms. The fourth-order valence-electron chi connectivity index (χ4n) is 3.48. The molecular formula is C24H23N5O4S. The largest absolute Gasteiger partial charge is 0.457 e. The highest BCUT2D eigenvalue weighted by Gasteiger charge is 2.35. The van der Waals surface area contributed by atoms with Crippen LogP contribution in [-0.4, -0.2) is 31.5 Å². The van der Waals surface area contributed by atoms with Gasteiger partial charge in [-0.15, -0.1) is 0 Å². The number of aromatic nitrogens is 1. The average Bonchev–Trinajstić information content (AvgIpc) is 3.67. The van der Waals surface area contributed by atoms with Gasteiger partial charge in [0.15, 0.2) is 0 Å². The second kappa shape index (κ2) is 9.03. The summed E-state index contributed by atoms with van der Waals surface area (Å²) in [5, 5.41) is 8.64. The summed E-state index contributed by atoms with van der Waals surface area (Å²) >= 11 is 0. The Hall–Kier alpha value is -4.10. The molecule has 1 heterocycles. The number of ether oxygens (including phenoxy) is 1. The van der Waals surface area contributed by atoms with Crippen LogP contribution in [0.25, 0.3) is 11.1 Å². The second-order valence-corrected chi connectivity index (χ2v) is 9.93. The first kappa shape index (κ1) is 23.1. The standard InChI is InChI=1S/C24H23N5O4S/c1-27-13-20-23(26)21(14-29(2)24(20)30)19-11-16(28-34(31,32)18-8-9-18)5-10-22(19)33-17-6-3-15(12-25)4-7-17/h3-7,10-11,13-14,18,28H,8-9,26H2,1-2H3. The van der Waals surface area contributed by atoms with E-state index in [2.05, 4.69) is 15.8 Å². The first-order valence-corrected chi connectivity index (χ1v) is 12.0. The summed E-state index contributed by atoms with van der Waals surface area (Å²) in [6, 6.07) is 13.5. The first-order chi connectivity index (χ1) is 16.2. The Morgan fingerprint density at radius 1 is 1.21 bits per heavy atom. The van der Waals surface area contributed by atoms with Crippen LogP contribution in [0.5, 0.6) is 11.5 Å². The molecule has 1 aromatic heterocycles. The van der Waals surface area contributed by atoms with E-state index >= 15 is 0 Å². The van der Waals surface area contributed by atoms with Crippen molar-refractivity contribution >= 4 is 27.6 Å². The molecule has 2 aromatic carbocycles. The maximum Gasteiger partial charge on any atom is 0.261 e. The van der Waals surface area contributed by atoms with E-state index in [1.807, 2.05) is 0 Å². The zero-order chi connectivity index (χ0) is 24.5. The number of pyridine rings is 1. The van der Waals surface area contributed by atoms with Gasteiger partial charge in [0.1, 0.15) is 11.5 Å². The zero-order valence-electron chi connectivity index (χ0n) is 18.6. The molecule has 0 radical (unpaired) electrons. The Morgan fingerprint density at radius 2 is 1.91 bits per heavy atom. The first-order valence-electron chi connectivity index (χ1n) is 10.5. The van der Waals surface area contributed by atoms with Crippen molar-refractivity contribution in [3.8, 4) is 28.7 Å². The van der Waals surface area contributed by atoms with E-state index < -0.39 is 10.0 Å². The van der Waals surface area contributed by atoms with Gasteiger partial charge in [-0.3, -0.25) is 14.5 Å². The topological polar surface area (TPSA) is 140 Å². The lowest BCUT2D eigenvalue weighted by molar-refractivity contribution is 0.484. The van der Waals surface area contributed by atoms with Crippen LogP contribution in [0, 0.1) is 11.3 Å². The number of sulfonamides is 1. The minimum atomic E-state index is -3.49. The summed E-state index contributed by atoms with van der Waals surface area (Å²) in [5.41, 5.74) is 8.28. The number of rotatable bonds is 7. The number of nitrogen functional groups attached to an aromatic ring is 1. The molecule has 0 bridgehead atoms. The maximum atomic E-state index is 12.6. The van der Waals surface area contributed by atoms with Crippen LogP contribution >= 0.6 is 0 Å². The second-order valence-electron chi connectivity index (χ2n) is 7.97. The number of nitrogens with zero attached hydrogens (tertiary/aromatic N) is 3. The Kier molecular flexibility index (Phi) is 6.13. The van der Waals surface area contributed by atoms with E-state index in [0.29, 0.717) is 46.7 Å². The van der Waals surface area contributed by atoms with E-state index in [1.165, 1.54) is 17.8 Å². The van der Waals surface area contributed by atoms with Gasteiger partial charge < -0.3 is 15.0 Å². The van der Waals surface area contributed by atoms with Gasteiger partial charge in [-0.2, -0.15) is 5.26 Å². The van der Waals surface area contributed by atoms with Gasteiger partial charge >= 0.3 is 0 Å². The van der Waals surface area contributed by atoms with Crippen LogP contribution in [0.4, 0.5) is 11.4 Å². The molecule has 174 valence electrons. The minimum Gasteiger partial charge on any atom is -0.457 e. The van der Waals surface area contributed by atoms with Gasteiger partial charge in [-0.05, 0) is 55.3 Å². The fraction of sp³-hybridized carbons (Fsp3) is 0.208. The van der Waals surface area contributed by atoms with Crippen molar-refractivity contribution in [3.05, 3.63) is 70.1 Å². The number of nitriles is 1. The molecule has 1 saturated carbocycles. The molecule has 0 amide bonds. The monoisotopic (exact) mass is 477 g/mol. The highest BCUT2D eigenvalue weighted by atomic mass is 32.2. The van der Waals surface area contributed by atoms with E-state index in [9.17, 15) is 13.2 Å². The summed E-state index contributed by atoms with van der Waals surface area (Å²) < 4.78 is 35.1. The number of anilines is 2. The van der Waals surface area contributed by atoms with Crippen molar-refractivity contribution in [1.82, 2.24) is 4.57 Å². The van der Waals surface area contributed by atoms with Crippen LogP contribution in [0.3, 0.4) is 0 Å². The van der Waals surface area contributed by atoms with Crippen LogP contribution in [0.15, 0.2) is 58.4 Å². The molecule has 0 aliphatic heterocycles. The summed E-state index contributed by atoms with van der Waals surface area (Å²) in [7, 11) is -0.353. The lowest BCUT2D eigenvalue weighted by Gasteiger charge is -2.17. The smallest absolute Gasteiger partial charge is 0.261 e. The molecule has 0 unspecified atom stereocenters. The third-order valence-electron chi connectivity index (χ3n) is 5.42. The van der Waals surface area contributed by atoms with E-state index in [0.717, 1.165) is 0 Å². The van der Waals surface area contributed by atoms with Gasteiger partial charge in [0.25, 0.3) is 5.56 Å². The van der Waals surface area contributed by atoms with Crippen molar-refractivity contribution < 1.29 is 13.2 Å². The third-order valence-corrected chi connectivity index (χ3v) is 7.29. The molecule has 0 saturated heterocycles. The quantitative estimate of drug-likeness (QED) is 0.501. The molecular weight excluding hydrogens is 454 g/mol. The number of nitrogens with one attached hydrogen (secondary N) is 1. The molecule has 3 aromatic rings.